The fourth-order valence-electron chi connectivity index (χ4n) is 1.93. The Morgan fingerprint density at radius 2 is 1.95 bits per heavy atom. The number of nitro benzene ring substituents is 1. The Morgan fingerprint density at radius 3 is 2.43 bits per heavy atom. The molecule has 1 aromatic carbocycles. The standard InChI is InChI=1S/C14H19N3O4/c1-5-16(14(2,3)4)13(19)12(18)15-10-7-6-8-11(9-10)17(20)21/h6-9H,5H2,1-4H3,(H,15,18). The molecular formula is C14H19N3O4. The number of amides is 2. The average molecular weight is 293 g/mol. The first-order valence-electron chi connectivity index (χ1n) is 6.54. The first kappa shape index (κ1) is 16.6. The van der Waals surface area contributed by atoms with Crippen molar-refractivity contribution in [3.8, 4) is 0 Å². The van der Waals surface area contributed by atoms with Gasteiger partial charge in [-0.25, -0.2) is 0 Å². The molecule has 0 bridgehead atoms. The van der Waals surface area contributed by atoms with Gasteiger partial charge in [0.15, 0.2) is 0 Å². The second-order valence-electron chi connectivity index (χ2n) is 5.48. The van der Waals surface area contributed by atoms with E-state index >= 15 is 0 Å². The quantitative estimate of drug-likeness (QED) is 0.525. The van der Waals surface area contributed by atoms with Gasteiger partial charge < -0.3 is 10.2 Å². The van der Waals surface area contributed by atoms with Crippen molar-refractivity contribution in [1.82, 2.24) is 4.90 Å². The van der Waals surface area contributed by atoms with Crippen LogP contribution in [0.15, 0.2) is 24.3 Å². The summed E-state index contributed by atoms with van der Waals surface area (Å²) in [6.07, 6.45) is 0. The van der Waals surface area contributed by atoms with E-state index in [-0.39, 0.29) is 11.4 Å². The van der Waals surface area contributed by atoms with E-state index in [0.717, 1.165) is 0 Å². The van der Waals surface area contributed by atoms with Gasteiger partial charge in [-0.3, -0.25) is 19.7 Å². The van der Waals surface area contributed by atoms with E-state index in [1.54, 1.807) is 6.92 Å². The second kappa shape index (κ2) is 6.34. The maximum atomic E-state index is 12.1. The molecule has 1 aromatic rings. The van der Waals surface area contributed by atoms with Gasteiger partial charge in [-0.05, 0) is 33.8 Å². The molecular weight excluding hydrogens is 274 g/mol. The summed E-state index contributed by atoms with van der Waals surface area (Å²) in [6, 6.07) is 5.45. The molecule has 7 nitrogen and oxygen atoms in total. The first-order chi connectivity index (χ1) is 9.66. The molecule has 0 heterocycles. The van der Waals surface area contributed by atoms with E-state index in [0.29, 0.717) is 6.54 Å². The Hall–Kier alpha value is -2.44. The number of hydrogen-bond donors (Lipinski definition) is 1. The molecule has 7 heteroatoms. The molecule has 0 saturated carbocycles. The van der Waals surface area contributed by atoms with Crippen LogP contribution in [-0.4, -0.2) is 33.7 Å². The Bertz CT molecular complexity index is 564. The second-order valence-corrected chi connectivity index (χ2v) is 5.48. The number of nitrogens with zero attached hydrogens (tertiary/aromatic N) is 2. The molecule has 0 aliphatic rings. The highest BCUT2D eigenvalue weighted by atomic mass is 16.6. The summed E-state index contributed by atoms with van der Waals surface area (Å²) < 4.78 is 0. The van der Waals surface area contributed by atoms with Gasteiger partial charge in [-0.2, -0.15) is 0 Å². The molecule has 0 aromatic heterocycles. The number of non-ortho nitro benzene ring substituents is 1. The number of carbonyl (C=O) groups is 2. The maximum absolute atomic E-state index is 12.1. The van der Waals surface area contributed by atoms with Crippen molar-refractivity contribution in [3.63, 3.8) is 0 Å². The SMILES string of the molecule is CCN(C(=O)C(=O)Nc1cccc([N+](=O)[O-])c1)C(C)(C)C. The molecule has 0 fully saturated rings. The van der Waals surface area contributed by atoms with Crippen LogP contribution in [0.3, 0.4) is 0 Å². The molecule has 1 N–H and O–H groups in total. The molecule has 0 spiro atoms. The van der Waals surface area contributed by atoms with Crippen LogP contribution in [0.1, 0.15) is 27.7 Å². The van der Waals surface area contributed by atoms with Gasteiger partial charge in [-0.1, -0.05) is 6.07 Å². The normalized spacial score (nSPS) is 10.9. The largest absolute Gasteiger partial charge is 0.330 e. The van der Waals surface area contributed by atoms with Crippen molar-refractivity contribution in [1.29, 1.82) is 0 Å². The highest BCUT2D eigenvalue weighted by Crippen LogP contribution is 2.18. The average Bonchev–Trinajstić information content (AvgIpc) is 2.37. The summed E-state index contributed by atoms with van der Waals surface area (Å²) in [7, 11) is 0. The Kier molecular flexibility index (Phi) is 5.02. The molecule has 21 heavy (non-hydrogen) atoms. The van der Waals surface area contributed by atoms with Crippen molar-refractivity contribution in [3.05, 3.63) is 34.4 Å². The van der Waals surface area contributed by atoms with Crippen molar-refractivity contribution >= 4 is 23.2 Å². The van der Waals surface area contributed by atoms with Crippen molar-refractivity contribution in [2.24, 2.45) is 0 Å². The lowest BCUT2D eigenvalue weighted by Gasteiger charge is -2.34. The van der Waals surface area contributed by atoms with Gasteiger partial charge >= 0.3 is 11.8 Å². The summed E-state index contributed by atoms with van der Waals surface area (Å²) >= 11 is 0. The predicted molar refractivity (Wildman–Crippen MR) is 78.9 cm³/mol. The topological polar surface area (TPSA) is 92.6 Å². The van der Waals surface area contributed by atoms with E-state index in [1.807, 2.05) is 20.8 Å². The minimum absolute atomic E-state index is 0.150. The monoisotopic (exact) mass is 293 g/mol. The fourth-order valence-corrected chi connectivity index (χ4v) is 1.93. The van der Waals surface area contributed by atoms with Gasteiger partial charge in [0.1, 0.15) is 0 Å². The summed E-state index contributed by atoms with van der Waals surface area (Å²) in [5.74, 6) is -1.48. The number of benzene rings is 1. The zero-order valence-electron chi connectivity index (χ0n) is 12.5. The number of hydrogen-bond acceptors (Lipinski definition) is 4. The summed E-state index contributed by atoms with van der Waals surface area (Å²) in [4.78, 5) is 35.6. The molecule has 0 aliphatic heterocycles. The Balaban J connectivity index is 2.88. The van der Waals surface area contributed by atoms with Crippen molar-refractivity contribution in [2.45, 2.75) is 33.2 Å². The van der Waals surface area contributed by atoms with E-state index in [4.69, 9.17) is 0 Å². The van der Waals surface area contributed by atoms with Crippen molar-refractivity contribution < 1.29 is 14.5 Å². The Labute approximate surface area is 123 Å². The van der Waals surface area contributed by atoms with E-state index in [9.17, 15) is 19.7 Å². The highest BCUT2D eigenvalue weighted by Gasteiger charge is 2.29. The minimum Gasteiger partial charge on any atom is -0.330 e. The first-order valence-corrected chi connectivity index (χ1v) is 6.54. The molecule has 0 radical (unpaired) electrons. The van der Waals surface area contributed by atoms with E-state index in [1.165, 1.54) is 29.2 Å². The van der Waals surface area contributed by atoms with Crippen LogP contribution in [0.25, 0.3) is 0 Å². The molecule has 2 amide bonds. The van der Waals surface area contributed by atoms with Gasteiger partial charge in [0, 0.05) is 29.9 Å². The summed E-state index contributed by atoms with van der Waals surface area (Å²) in [5.41, 5.74) is -0.415. The van der Waals surface area contributed by atoms with E-state index in [2.05, 4.69) is 5.32 Å². The van der Waals surface area contributed by atoms with Crippen molar-refractivity contribution in [2.75, 3.05) is 11.9 Å². The highest BCUT2D eigenvalue weighted by molar-refractivity contribution is 6.39. The smallest absolute Gasteiger partial charge is 0.313 e. The van der Waals surface area contributed by atoms with E-state index < -0.39 is 22.3 Å². The van der Waals surface area contributed by atoms with Crippen LogP contribution >= 0.6 is 0 Å². The lowest BCUT2D eigenvalue weighted by Crippen LogP contribution is -2.49. The Morgan fingerprint density at radius 1 is 1.33 bits per heavy atom. The van der Waals surface area contributed by atoms with Crippen LogP contribution in [0.5, 0.6) is 0 Å². The fraction of sp³-hybridized carbons (Fsp3) is 0.429. The number of nitro groups is 1. The lowest BCUT2D eigenvalue weighted by atomic mass is 10.1. The summed E-state index contributed by atoms with van der Waals surface area (Å²) in [5, 5.41) is 13.1. The third kappa shape index (κ3) is 4.27. The van der Waals surface area contributed by atoms with Crippen LogP contribution in [0.4, 0.5) is 11.4 Å². The number of anilines is 1. The molecule has 0 unspecified atom stereocenters. The number of likely N-dealkylation sites (N-methyl/N-ethyl adjacent to an activating group) is 1. The number of carbonyl (C=O) groups excluding carboxylic acids is 2. The third-order valence-electron chi connectivity index (χ3n) is 2.88. The van der Waals surface area contributed by atoms with Gasteiger partial charge in [0.25, 0.3) is 5.69 Å². The van der Waals surface area contributed by atoms with Crippen LogP contribution in [-0.2, 0) is 9.59 Å². The van der Waals surface area contributed by atoms with Gasteiger partial charge in [0.2, 0.25) is 0 Å². The number of nitrogens with one attached hydrogen (secondary N) is 1. The lowest BCUT2D eigenvalue weighted by molar-refractivity contribution is -0.384. The van der Waals surface area contributed by atoms with Crippen LogP contribution < -0.4 is 5.32 Å². The predicted octanol–water partition coefficient (Wildman–Crippen LogP) is 2.18. The minimum atomic E-state index is -0.813. The molecule has 0 aliphatic carbocycles. The van der Waals surface area contributed by atoms with Gasteiger partial charge in [0.05, 0.1) is 4.92 Å². The zero-order chi connectivity index (χ0) is 16.2. The molecule has 1 rings (SSSR count). The molecule has 0 atom stereocenters. The number of rotatable bonds is 3. The van der Waals surface area contributed by atoms with Gasteiger partial charge in [-0.15, -0.1) is 0 Å². The third-order valence-corrected chi connectivity index (χ3v) is 2.88. The molecule has 0 saturated heterocycles. The summed E-state index contributed by atoms with van der Waals surface area (Å²) in [6.45, 7) is 7.66. The zero-order valence-corrected chi connectivity index (χ0v) is 12.5. The van der Waals surface area contributed by atoms with Crippen LogP contribution in [0, 0.1) is 10.1 Å². The van der Waals surface area contributed by atoms with Crippen LogP contribution in [0.2, 0.25) is 0 Å². The molecule has 114 valence electrons. The maximum Gasteiger partial charge on any atom is 0.313 e.